The molecule has 0 bridgehead atoms. The van der Waals surface area contributed by atoms with E-state index >= 15 is 0 Å². The Morgan fingerprint density at radius 2 is 1.79 bits per heavy atom. The van der Waals surface area contributed by atoms with Gasteiger partial charge in [-0.3, -0.25) is 4.79 Å². The molecule has 0 saturated heterocycles. The van der Waals surface area contributed by atoms with Crippen molar-refractivity contribution in [2.75, 3.05) is 6.61 Å². The van der Waals surface area contributed by atoms with Gasteiger partial charge in [-0.25, -0.2) is 0 Å². The molecule has 1 unspecified atom stereocenters. The standard InChI is InChI=1S/C12H24O2/c1-7-14-11(13)12(6,10(4)5)8-9(2)3/h9-10H,7-8H2,1-6H3. The molecule has 2 nitrogen and oxygen atoms in total. The second-order valence-electron chi connectivity index (χ2n) is 4.89. The Hall–Kier alpha value is -0.530. The van der Waals surface area contributed by atoms with Crippen molar-refractivity contribution < 1.29 is 9.53 Å². The highest BCUT2D eigenvalue weighted by molar-refractivity contribution is 5.76. The van der Waals surface area contributed by atoms with Crippen LogP contribution in [0.15, 0.2) is 0 Å². The Kier molecular flexibility index (Phi) is 5.17. The molecule has 0 N–H and O–H groups in total. The van der Waals surface area contributed by atoms with Gasteiger partial charge in [0.25, 0.3) is 0 Å². The molecule has 2 heteroatoms. The molecule has 0 aromatic rings. The molecule has 0 aromatic heterocycles. The smallest absolute Gasteiger partial charge is 0.312 e. The summed E-state index contributed by atoms with van der Waals surface area (Å²) in [4.78, 5) is 11.8. The normalized spacial score (nSPS) is 15.7. The van der Waals surface area contributed by atoms with E-state index in [1.54, 1.807) is 0 Å². The van der Waals surface area contributed by atoms with Crippen LogP contribution in [0.2, 0.25) is 0 Å². The largest absolute Gasteiger partial charge is 0.466 e. The Morgan fingerprint density at radius 3 is 2.07 bits per heavy atom. The van der Waals surface area contributed by atoms with Crippen molar-refractivity contribution in [3.63, 3.8) is 0 Å². The summed E-state index contributed by atoms with van der Waals surface area (Å²) < 4.78 is 5.13. The van der Waals surface area contributed by atoms with Crippen LogP contribution in [-0.2, 0) is 9.53 Å². The van der Waals surface area contributed by atoms with E-state index in [1.165, 1.54) is 0 Å². The maximum Gasteiger partial charge on any atom is 0.312 e. The third-order valence-corrected chi connectivity index (χ3v) is 2.85. The van der Waals surface area contributed by atoms with Gasteiger partial charge in [-0.1, -0.05) is 27.7 Å². The highest BCUT2D eigenvalue weighted by Gasteiger charge is 2.38. The van der Waals surface area contributed by atoms with Crippen molar-refractivity contribution in [3.8, 4) is 0 Å². The second-order valence-corrected chi connectivity index (χ2v) is 4.89. The molecule has 0 rings (SSSR count). The van der Waals surface area contributed by atoms with E-state index in [1.807, 2.05) is 13.8 Å². The van der Waals surface area contributed by atoms with Crippen LogP contribution in [0.3, 0.4) is 0 Å². The number of carbonyl (C=O) groups excluding carboxylic acids is 1. The molecule has 0 amide bonds. The van der Waals surface area contributed by atoms with E-state index in [0.29, 0.717) is 18.4 Å². The molecule has 0 saturated carbocycles. The fourth-order valence-electron chi connectivity index (χ4n) is 1.70. The van der Waals surface area contributed by atoms with Gasteiger partial charge in [0, 0.05) is 0 Å². The third kappa shape index (κ3) is 3.32. The predicted octanol–water partition coefficient (Wildman–Crippen LogP) is 3.26. The van der Waals surface area contributed by atoms with E-state index in [9.17, 15) is 4.79 Å². The highest BCUT2D eigenvalue weighted by Crippen LogP contribution is 2.35. The molecule has 14 heavy (non-hydrogen) atoms. The summed E-state index contributed by atoms with van der Waals surface area (Å²) in [6, 6.07) is 0. The fraction of sp³-hybridized carbons (Fsp3) is 0.917. The van der Waals surface area contributed by atoms with Gasteiger partial charge in [0.05, 0.1) is 12.0 Å². The van der Waals surface area contributed by atoms with E-state index in [-0.39, 0.29) is 11.4 Å². The Bertz CT molecular complexity index is 185. The minimum atomic E-state index is -0.329. The van der Waals surface area contributed by atoms with Gasteiger partial charge < -0.3 is 4.74 Å². The lowest BCUT2D eigenvalue weighted by atomic mass is 9.73. The van der Waals surface area contributed by atoms with Gasteiger partial charge in [-0.05, 0) is 32.1 Å². The molecule has 0 aromatic carbocycles. The third-order valence-electron chi connectivity index (χ3n) is 2.85. The first-order valence-electron chi connectivity index (χ1n) is 5.51. The first-order chi connectivity index (χ1) is 6.34. The van der Waals surface area contributed by atoms with E-state index in [0.717, 1.165) is 6.42 Å². The Balaban J connectivity index is 4.62. The number of hydrogen-bond donors (Lipinski definition) is 0. The molecule has 0 radical (unpaired) electrons. The van der Waals surface area contributed by atoms with Gasteiger partial charge in [-0.2, -0.15) is 0 Å². The summed E-state index contributed by atoms with van der Waals surface area (Å²) >= 11 is 0. The zero-order valence-electron chi connectivity index (χ0n) is 10.4. The summed E-state index contributed by atoms with van der Waals surface area (Å²) in [5.74, 6) is 0.791. The zero-order chi connectivity index (χ0) is 11.4. The molecule has 0 spiro atoms. The predicted molar refractivity (Wildman–Crippen MR) is 59.0 cm³/mol. The van der Waals surface area contributed by atoms with Gasteiger partial charge in [-0.15, -0.1) is 0 Å². The van der Waals surface area contributed by atoms with Gasteiger partial charge in [0.1, 0.15) is 0 Å². The van der Waals surface area contributed by atoms with Crippen LogP contribution in [0.4, 0.5) is 0 Å². The van der Waals surface area contributed by atoms with Crippen molar-refractivity contribution in [1.82, 2.24) is 0 Å². The van der Waals surface area contributed by atoms with E-state index < -0.39 is 0 Å². The summed E-state index contributed by atoms with van der Waals surface area (Å²) in [5, 5.41) is 0. The van der Waals surface area contributed by atoms with Crippen LogP contribution in [-0.4, -0.2) is 12.6 Å². The molecule has 0 heterocycles. The number of rotatable bonds is 5. The number of carbonyl (C=O) groups is 1. The van der Waals surface area contributed by atoms with Gasteiger partial charge in [0.2, 0.25) is 0 Å². The monoisotopic (exact) mass is 200 g/mol. The van der Waals surface area contributed by atoms with Crippen LogP contribution in [0, 0.1) is 17.3 Å². The second kappa shape index (κ2) is 5.38. The van der Waals surface area contributed by atoms with E-state index in [4.69, 9.17) is 4.74 Å². The quantitative estimate of drug-likeness (QED) is 0.637. The van der Waals surface area contributed by atoms with Crippen molar-refractivity contribution >= 4 is 5.97 Å². The summed E-state index contributed by atoms with van der Waals surface area (Å²) in [5.41, 5.74) is -0.329. The number of ether oxygens (including phenoxy) is 1. The first kappa shape index (κ1) is 13.5. The molecule has 0 aliphatic rings. The lowest BCUT2D eigenvalue weighted by molar-refractivity contribution is -0.158. The maximum atomic E-state index is 11.8. The van der Waals surface area contributed by atoms with Crippen LogP contribution in [0.25, 0.3) is 0 Å². The minimum absolute atomic E-state index is 0.0521. The minimum Gasteiger partial charge on any atom is -0.466 e. The molecule has 1 atom stereocenters. The fourth-order valence-corrected chi connectivity index (χ4v) is 1.70. The van der Waals surface area contributed by atoms with Crippen molar-refractivity contribution in [3.05, 3.63) is 0 Å². The average Bonchev–Trinajstić information content (AvgIpc) is 2.02. The van der Waals surface area contributed by atoms with Gasteiger partial charge in [0.15, 0.2) is 0 Å². The van der Waals surface area contributed by atoms with Crippen LogP contribution >= 0.6 is 0 Å². The Labute approximate surface area is 88.0 Å². The lowest BCUT2D eigenvalue weighted by Crippen LogP contribution is -2.36. The summed E-state index contributed by atoms with van der Waals surface area (Å²) in [6.07, 6.45) is 0.892. The van der Waals surface area contributed by atoms with Crippen LogP contribution < -0.4 is 0 Å². The SMILES string of the molecule is CCOC(=O)C(C)(CC(C)C)C(C)C. The summed E-state index contributed by atoms with van der Waals surface area (Å²) in [6.45, 7) is 12.8. The Morgan fingerprint density at radius 1 is 1.29 bits per heavy atom. The van der Waals surface area contributed by atoms with Crippen molar-refractivity contribution in [2.45, 2.75) is 48.0 Å². The number of esters is 1. The van der Waals surface area contributed by atoms with Crippen molar-refractivity contribution in [2.24, 2.45) is 17.3 Å². The van der Waals surface area contributed by atoms with Crippen molar-refractivity contribution in [1.29, 1.82) is 0 Å². The first-order valence-corrected chi connectivity index (χ1v) is 5.51. The van der Waals surface area contributed by atoms with Crippen LogP contribution in [0.5, 0.6) is 0 Å². The lowest BCUT2D eigenvalue weighted by Gasteiger charge is -2.32. The zero-order valence-corrected chi connectivity index (χ0v) is 10.4. The van der Waals surface area contributed by atoms with E-state index in [2.05, 4.69) is 27.7 Å². The highest BCUT2D eigenvalue weighted by atomic mass is 16.5. The molecular formula is C12H24O2. The molecule has 0 aliphatic carbocycles. The molecular weight excluding hydrogens is 176 g/mol. The maximum absolute atomic E-state index is 11.8. The van der Waals surface area contributed by atoms with Gasteiger partial charge >= 0.3 is 5.97 Å². The molecule has 0 fully saturated rings. The number of hydrogen-bond acceptors (Lipinski definition) is 2. The summed E-state index contributed by atoms with van der Waals surface area (Å²) in [7, 11) is 0. The molecule has 0 aliphatic heterocycles. The average molecular weight is 200 g/mol. The molecule has 84 valence electrons. The topological polar surface area (TPSA) is 26.3 Å². The van der Waals surface area contributed by atoms with Crippen LogP contribution in [0.1, 0.15) is 48.0 Å².